The molecule has 0 unspecified atom stereocenters. The molecule has 2 aliphatic heterocycles. The number of amides is 4. The summed E-state index contributed by atoms with van der Waals surface area (Å²) in [5.74, 6) is -0.322. The van der Waals surface area contributed by atoms with E-state index in [0.717, 1.165) is 0 Å². The first-order chi connectivity index (χ1) is 11.3. The summed E-state index contributed by atoms with van der Waals surface area (Å²) in [6.07, 6.45) is 0.381. The monoisotopic (exact) mass is 370 g/mol. The zero-order valence-electron chi connectivity index (χ0n) is 12.8. The van der Waals surface area contributed by atoms with Crippen molar-refractivity contribution in [2.45, 2.75) is 31.5 Å². The van der Waals surface area contributed by atoms with Gasteiger partial charge in [-0.15, -0.1) is 0 Å². The Morgan fingerprint density at radius 2 is 2.08 bits per heavy atom. The van der Waals surface area contributed by atoms with Crippen LogP contribution in [0.2, 0.25) is 10.0 Å². The fourth-order valence-electron chi connectivity index (χ4n) is 2.99. The Hall–Kier alpha value is -1.99. The smallest absolute Gasteiger partial charge is 0.319 e. The Labute approximate surface area is 148 Å². The molecule has 0 spiro atoms. The fourth-order valence-corrected chi connectivity index (χ4v) is 3.44. The number of nitrogens with zero attached hydrogens (tertiary/aromatic N) is 1. The van der Waals surface area contributed by atoms with Gasteiger partial charge in [0.25, 0.3) is 0 Å². The average Bonchev–Trinajstić information content (AvgIpc) is 2.92. The van der Waals surface area contributed by atoms with Crippen molar-refractivity contribution in [3.8, 4) is 0 Å². The third kappa shape index (κ3) is 3.27. The molecule has 128 valence electrons. The zero-order chi connectivity index (χ0) is 17.4. The third-order valence-corrected chi connectivity index (χ3v) is 4.68. The number of hydrogen-bond donors (Lipinski definition) is 3. The standard InChI is InChI=1S/C15H16Cl2N4O3/c1-7-14(23)21-6-9(5-12(21)13(22)18-7)19-15(24)20-11-3-2-8(16)4-10(11)17/h2-4,7,9,12H,5-6H2,1H3,(H,18,22)(H2,19,20,24)/t7-,9-,12-/m0/s1. The number of rotatable bonds is 2. The van der Waals surface area contributed by atoms with E-state index in [1.165, 1.54) is 11.0 Å². The van der Waals surface area contributed by atoms with Gasteiger partial charge < -0.3 is 20.9 Å². The summed E-state index contributed by atoms with van der Waals surface area (Å²) in [5.41, 5.74) is 0.428. The number of fused-ring (bicyclic) bond motifs is 1. The Bertz CT molecular complexity index is 712. The lowest BCUT2D eigenvalue weighted by Gasteiger charge is -2.32. The molecule has 1 aromatic rings. The van der Waals surface area contributed by atoms with Crippen LogP contribution < -0.4 is 16.0 Å². The quantitative estimate of drug-likeness (QED) is 0.738. The van der Waals surface area contributed by atoms with Crippen LogP contribution in [0.4, 0.5) is 10.5 Å². The zero-order valence-corrected chi connectivity index (χ0v) is 14.3. The number of anilines is 1. The maximum Gasteiger partial charge on any atom is 0.319 e. The van der Waals surface area contributed by atoms with Crippen LogP contribution in [0.15, 0.2) is 18.2 Å². The second-order valence-corrected chi connectivity index (χ2v) is 6.74. The molecule has 0 aromatic heterocycles. The Morgan fingerprint density at radius 1 is 1.33 bits per heavy atom. The molecule has 3 atom stereocenters. The van der Waals surface area contributed by atoms with Crippen LogP contribution in [0.1, 0.15) is 13.3 Å². The van der Waals surface area contributed by atoms with E-state index in [1.54, 1.807) is 19.1 Å². The molecule has 0 aliphatic carbocycles. The van der Waals surface area contributed by atoms with Crippen LogP contribution in [0.25, 0.3) is 0 Å². The first-order valence-electron chi connectivity index (χ1n) is 7.48. The maximum absolute atomic E-state index is 12.1. The molecule has 2 fully saturated rings. The maximum atomic E-state index is 12.1. The Kier molecular flexibility index (Phi) is 4.56. The van der Waals surface area contributed by atoms with E-state index in [1.807, 2.05) is 0 Å². The lowest BCUT2D eigenvalue weighted by atomic mass is 10.1. The summed E-state index contributed by atoms with van der Waals surface area (Å²) < 4.78 is 0. The lowest BCUT2D eigenvalue weighted by molar-refractivity contribution is -0.146. The van der Waals surface area contributed by atoms with Gasteiger partial charge in [0, 0.05) is 11.6 Å². The number of carbonyl (C=O) groups is 3. The summed E-state index contributed by atoms with van der Waals surface area (Å²) in [5, 5.41) is 8.83. The van der Waals surface area contributed by atoms with Crippen LogP contribution in [0.5, 0.6) is 0 Å². The number of nitrogens with one attached hydrogen (secondary N) is 3. The normalized spacial score (nSPS) is 26.0. The van der Waals surface area contributed by atoms with E-state index in [2.05, 4.69) is 16.0 Å². The van der Waals surface area contributed by atoms with Crippen molar-refractivity contribution in [2.75, 3.05) is 11.9 Å². The van der Waals surface area contributed by atoms with Gasteiger partial charge in [0.05, 0.1) is 16.8 Å². The van der Waals surface area contributed by atoms with Gasteiger partial charge in [0.15, 0.2) is 0 Å². The number of piperazine rings is 1. The van der Waals surface area contributed by atoms with E-state index in [-0.39, 0.29) is 17.9 Å². The second-order valence-electron chi connectivity index (χ2n) is 5.89. The van der Waals surface area contributed by atoms with E-state index in [9.17, 15) is 14.4 Å². The van der Waals surface area contributed by atoms with Gasteiger partial charge in [-0.1, -0.05) is 23.2 Å². The van der Waals surface area contributed by atoms with Crippen molar-refractivity contribution in [1.29, 1.82) is 0 Å². The summed E-state index contributed by atoms with van der Waals surface area (Å²) >= 11 is 11.8. The van der Waals surface area contributed by atoms with Gasteiger partial charge in [-0.25, -0.2) is 4.79 Å². The van der Waals surface area contributed by atoms with Gasteiger partial charge in [0.1, 0.15) is 12.1 Å². The lowest BCUT2D eigenvalue weighted by Crippen LogP contribution is -2.60. The molecule has 0 saturated carbocycles. The van der Waals surface area contributed by atoms with Gasteiger partial charge in [-0.2, -0.15) is 0 Å². The minimum Gasteiger partial charge on any atom is -0.343 e. The summed E-state index contributed by atoms with van der Waals surface area (Å²) in [7, 11) is 0. The molecule has 4 amide bonds. The molecule has 3 rings (SSSR count). The van der Waals surface area contributed by atoms with Crippen LogP contribution >= 0.6 is 23.2 Å². The highest BCUT2D eigenvalue weighted by Crippen LogP contribution is 2.26. The van der Waals surface area contributed by atoms with Crippen LogP contribution in [-0.4, -0.2) is 47.4 Å². The molecule has 9 heteroatoms. The molecule has 0 radical (unpaired) electrons. The summed E-state index contributed by atoms with van der Waals surface area (Å²) in [6.45, 7) is 1.95. The van der Waals surface area contributed by atoms with Crippen molar-refractivity contribution in [3.63, 3.8) is 0 Å². The number of hydrogen-bond acceptors (Lipinski definition) is 3. The SMILES string of the molecule is C[C@@H]1NC(=O)[C@@H]2C[C@H](NC(=O)Nc3ccc(Cl)cc3Cl)CN2C1=O. The van der Waals surface area contributed by atoms with E-state index in [4.69, 9.17) is 23.2 Å². The highest BCUT2D eigenvalue weighted by molar-refractivity contribution is 6.36. The largest absolute Gasteiger partial charge is 0.343 e. The van der Waals surface area contributed by atoms with Gasteiger partial charge >= 0.3 is 6.03 Å². The number of urea groups is 1. The Balaban J connectivity index is 1.62. The molecule has 0 bridgehead atoms. The van der Waals surface area contributed by atoms with Crippen molar-refractivity contribution >= 4 is 46.7 Å². The van der Waals surface area contributed by atoms with Crippen molar-refractivity contribution in [1.82, 2.24) is 15.5 Å². The highest BCUT2D eigenvalue weighted by Gasteiger charge is 2.45. The molecule has 2 saturated heterocycles. The molecule has 1 aromatic carbocycles. The summed E-state index contributed by atoms with van der Waals surface area (Å²) in [4.78, 5) is 37.7. The van der Waals surface area contributed by atoms with Gasteiger partial charge in [-0.05, 0) is 31.5 Å². The molecule has 3 N–H and O–H groups in total. The van der Waals surface area contributed by atoms with Crippen molar-refractivity contribution in [3.05, 3.63) is 28.2 Å². The van der Waals surface area contributed by atoms with Crippen LogP contribution in [0, 0.1) is 0 Å². The predicted molar refractivity (Wildman–Crippen MR) is 90.1 cm³/mol. The minimum absolute atomic E-state index is 0.134. The first kappa shape index (κ1) is 16.9. The molecular formula is C15H16Cl2N4O3. The van der Waals surface area contributed by atoms with E-state index < -0.39 is 18.1 Å². The molecule has 7 nitrogen and oxygen atoms in total. The minimum atomic E-state index is -0.533. The fraction of sp³-hybridized carbons (Fsp3) is 0.400. The first-order valence-corrected chi connectivity index (χ1v) is 8.24. The van der Waals surface area contributed by atoms with Gasteiger partial charge in [0.2, 0.25) is 11.8 Å². The van der Waals surface area contributed by atoms with Gasteiger partial charge in [-0.3, -0.25) is 9.59 Å². The van der Waals surface area contributed by atoms with Crippen LogP contribution in [-0.2, 0) is 9.59 Å². The average molecular weight is 371 g/mol. The molecular weight excluding hydrogens is 355 g/mol. The number of carbonyl (C=O) groups excluding carboxylic acids is 3. The topological polar surface area (TPSA) is 90.5 Å². The summed E-state index contributed by atoms with van der Waals surface area (Å²) in [6, 6.07) is 2.92. The molecule has 24 heavy (non-hydrogen) atoms. The predicted octanol–water partition coefficient (Wildman–Crippen LogP) is 1.60. The van der Waals surface area contributed by atoms with Crippen molar-refractivity contribution in [2.24, 2.45) is 0 Å². The van der Waals surface area contributed by atoms with Crippen molar-refractivity contribution < 1.29 is 14.4 Å². The van der Waals surface area contributed by atoms with Crippen LogP contribution in [0.3, 0.4) is 0 Å². The van der Waals surface area contributed by atoms with E-state index in [0.29, 0.717) is 28.7 Å². The number of halogens is 2. The molecule has 2 aliphatic rings. The number of benzene rings is 1. The third-order valence-electron chi connectivity index (χ3n) is 4.13. The highest BCUT2D eigenvalue weighted by atomic mass is 35.5. The van der Waals surface area contributed by atoms with E-state index >= 15 is 0 Å². The molecule has 2 heterocycles. The second kappa shape index (κ2) is 6.49. The Morgan fingerprint density at radius 3 is 2.79 bits per heavy atom.